The Morgan fingerprint density at radius 1 is 1.30 bits per heavy atom. The normalized spacial score (nSPS) is 16.3. The van der Waals surface area contributed by atoms with E-state index < -0.39 is 0 Å². The number of ether oxygens (including phenoxy) is 1. The lowest BCUT2D eigenvalue weighted by Gasteiger charge is -2.29. The van der Waals surface area contributed by atoms with Gasteiger partial charge >= 0.3 is 0 Å². The van der Waals surface area contributed by atoms with Gasteiger partial charge in [0.1, 0.15) is 5.75 Å². The van der Waals surface area contributed by atoms with Crippen molar-refractivity contribution in [3.8, 4) is 5.75 Å². The van der Waals surface area contributed by atoms with Crippen LogP contribution in [0.15, 0.2) is 41.7 Å². The summed E-state index contributed by atoms with van der Waals surface area (Å²) in [7, 11) is 5.44. The number of rotatable bonds is 7. The summed E-state index contributed by atoms with van der Waals surface area (Å²) in [6, 6.07) is 8.66. The SMILES string of the molecule is CN=C(NCc1cnn(C)c1)NCC(c1cccc(OC)c1)N1CCCC1. The van der Waals surface area contributed by atoms with Gasteiger partial charge in [-0.15, -0.1) is 0 Å². The predicted molar refractivity (Wildman–Crippen MR) is 108 cm³/mol. The molecule has 2 aromatic rings. The van der Waals surface area contributed by atoms with Crippen LogP contribution in [0, 0.1) is 0 Å². The minimum Gasteiger partial charge on any atom is -0.497 e. The van der Waals surface area contributed by atoms with Gasteiger partial charge in [0, 0.05) is 38.9 Å². The monoisotopic (exact) mass is 370 g/mol. The van der Waals surface area contributed by atoms with E-state index in [1.54, 1.807) is 18.8 Å². The van der Waals surface area contributed by atoms with Crippen LogP contribution in [-0.2, 0) is 13.6 Å². The molecule has 1 aromatic carbocycles. The second-order valence-electron chi connectivity index (χ2n) is 6.86. The Kier molecular flexibility index (Phi) is 6.70. The number of methoxy groups -OCH3 is 1. The van der Waals surface area contributed by atoms with Crippen molar-refractivity contribution in [3.05, 3.63) is 47.8 Å². The van der Waals surface area contributed by atoms with E-state index in [-0.39, 0.29) is 0 Å². The number of aryl methyl sites for hydroxylation is 1. The standard InChI is InChI=1S/C20H30N6O/c1-21-20(22-12-16-13-24-25(2)15-16)23-14-19(26-9-4-5-10-26)17-7-6-8-18(11-17)27-3/h6-8,11,13,15,19H,4-5,9-10,12,14H2,1-3H3,(H2,21,22,23). The average Bonchev–Trinajstić information content (AvgIpc) is 3.36. The Morgan fingerprint density at radius 2 is 2.11 bits per heavy atom. The third-order valence-electron chi connectivity index (χ3n) is 4.96. The highest BCUT2D eigenvalue weighted by Gasteiger charge is 2.24. The fraction of sp³-hybridized carbons (Fsp3) is 0.500. The Hall–Kier alpha value is -2.54. The quantitative estimate of drug-likeness (QED) is 0.576. The first-order valence-electron chi connectivity index (χ1n) is 9.49. The van der Waals surface area contributed by atoms with Gasteiger partial charge in [-0.25, -0.2) is 0 Å². The summed E-state index contributed by atoms with van der Waals surface area (Å²) in [4.78, 5) is 6.90. The first-order chi connectivity index (χ1) is 13.2. The molecule has 0 aliphatic carbocycles. The van der Waals surface area contributed by atoms with Gasteiger partial charge in [0.05, 0.1) is 19.3 Å². The minimum atomic E-state index is 0.291. The average molecular weight is 371 g/mol. The highest BCUT2D eigenvalue weighted by Crippen LogP contribution is 2.27. The molecule has 0 amide bonds. The Bertz CT molecular complexity index is 750. The van der Waals surface area contributed by atoms with Crippen molar-refractivity contribution in [1.82, 2.24) is 25.3 Å². The van der Waals surface area contributed by atoms with E-state index in [1.807, 2.05) is 25.5 Å². The number of aromatic nitrogens is 2. The smallest absolute Gasteiger partial charge is 0.191 e. The van der Waals surface area contributed by atoms with Gasteiger partial charge < -0.3 is 15.4 Å². The van der Waals surface area contributed by atoms with Crippen LogP contribution >= 0.6 is 0 Å². The van der Waals surface area contributed by atoms with Gasteiger partial charge in [-0.2, -0.15) is 5.10 Å². The highest BCUT2D eigenvalue weighted by molar-refractivity contribution is 5.79. The second kappa shape index (κ2) is 9.41. The molecule has 1 aliphatic heterocycles. The fourth-order valence-corrected chi connectivity index (χ4v) is 3.52. The van der Waals surface area contributed by atoms with Crippen molar-refractivity contribution >= 4 is 5.96 Å². The maximum Gasteiger partial charge on any atom is 0.191 e. The molecule has 146 valence electrons. The molecular weight excluding hydrogens is 340 g/mol. The molecule has 1 aliphatic rings. The Balaban J connectivity index is 1.64. The van der Waals surface area contributed by atoms with Crippen LogP contribution in [-0.4, -0.2) is 54.4 Å². The third kappa shape index (κ3) is 5.23. The molecule has 0 radical (unpaired) electrons. The van der Waals surface area contributed by atoms with Crippen molar-refractivity contribution in [2.75, 3.05) is 33.8 Å². The number of benzene rings is 1. The van der Waals surface area contributed by atoms with Crippen LogP contribution in [0.4, 0.5) is 0 Å². The zero-order valence-corrected chi connectivity index (χ0v) is 16.5. The molecule has 2 N–H and O–H groups in total. The van der Waals surface area contributed by atoms with Gasteiger partial charge in [-0.1, -0.05) is 12.1 Å². The molecule has 0 bridgehead atoms. The molecular formula is C20H30N6O. The summed E-state index contributed by atoms with van der Waals surface area (Å²) in [5, 5.41) is 11.1. The van der Waals surface area contributed by atoms with Crippen molar-refractivity contribution in [3.63, 3.8) is 0 Å². The van der Waals surface area contributed by atoms with E-state index in [4.69, 9.17) is 4.74 Å². The zero-order chi connectivity index (χ0) is 19.1. The summed E-state index contributed by atoms with van der Waals surface area (Å²) in [6.07, 6.45) is 6.38. The van der Waals surface area contributed by atoms with Crippen LogP contribution in [0.25, 0.3) is 0 Å². The maximum atomic E-state index is 5.42. The van der Waals surface area contributed by atoms with E-state index in [0.717, 1.165) is 36.9 Å². The topological polar surface area (TPSA) is 66.7 Å². The van der Waals surface area contributed by atoms with Crippen LogP contribution in [0.5, 0.6) is 5.75 Å². The van der Waals surface area contributed by atoms with E-state index >= 15 is 0 Å². The first kappa shape index (κ1) is 19.2. The number of hydrogen-bond donors (Lipinski definition) is 2. The van der Waals surface area contributed by atoms with Crippen LogP contribution in [0.1, 0.15) is 30.0 Å². The largest absolute Gasteiger partial charge is 0.497 e. The molecule has 0 saturated carbocycles. The number of nitrogens with one attached hydrogen (secondary N) is 2. The lowest BCUT2D eigenvalue weighted by atomic mass is 10.1. The third-order valence-corrected chi connectivity index (χ3v) is 4.96. The van der Waals surface area contributed by atoms with Crippen LogP contribution in [0.2, 0.25) is 0 Å². The van der Waals surface area contributed by atoms with Crippen molar-refractivity contribution < 1.29 is 4.74 Å². The molecule has 1 unspecified atom stereocenters. The highest BCUT2D eigenvalue weighted by atomic mass is 16.5. The summed E-state index contributed by atoms with van der Waals surface area (Å²) >= 11 is 0. The summed E-state index contributed by atoms with van der Waals surface area (Å²) in [6.45, 7) is 3.75. The first-order valence-corrected chi connectivity index (χ1v) is 9.49. The molecule has 0 spiro atoms. The van der Waals surface area contributed by atoms with E-state index in [0.29, 0.717) is 12.6 Å². The molecule has 1 atom stereocenters. The van der Waals surface area contributed by atoms with Crippen LogP contribution in [0.3, 0.4) is 0 Å². The molecule has 7 nitrogen and oxygen atoms in total. The molecule has 1 saturated heterocycles. The zero-order valence-electron chi connectivity index (χ0n) is 16.5. The Morgan fingerprint density at radius 3 is 2.78 bits per heavy atom. The van der Waals surface area contributed by atoms with Gasteiger partial charge in [0.25, 0.3) is 0 Å². The molecule has 7 heteroatoms. The van der Waals surface area contributed by atoms with E-state index in [2.05, 4.69) is 43.8 Å². The molecule has 1 aromatic heterocycles. The number of likely N-dealkylation sites (tertiary alicyclic amines) is 1. The minimum absolute atomic E-state index is 0.291. The second-order valence-corrected chi connectivity index (χ2v) is 6.86. The molecule has 2 heterocycles. The molecule has 3 rings (SSSR count). The lowest BCUT2D eigenvalue weighted by Crippen LogP contribution is -2.42. The lowest BCUT2D eigenvalue weighted by molar-refractivity contribution is 0.245. The van der Waals surface area contributed by atoms with Crippen molar-refractivity contribution in [2.24, 2.45) is 12.0 Å². The van der Waals surface area contributed by atoms with Crippen molar-refractivity contribution in [1.29, 1.82) is 0 Å². The van der Waals surface area contributed by atoms with Gasteiger partial charge in [0.2, 0.25) is 0 Å². The number of nitrogens with zero attached hydrogens (tertiary/aromatic N) is 4. The van der Waals surface area contributed by atoms with Crippen LogP contribution < -0.4 is 15.4 Å². The Labute approximate surface area is 161 Å². The van der Waals surface area contributed by atoms with Gasteiger partial charge in [-0.3, -0.25) is 14.6 Å². The number of guanidine groups is 1. The fourth-order valence-electron chi connectivity index (χ4n) is 3.52. The van der Waals surface area contributed by atoms with Crippen molar-refractivity contribution in [2.45, 2.75) is 25.4 Å². The maximum absolute atomic E-state index is 5.42. The predicted octanol–water partition coefficient (Wildman–Crippen LogP) is 1.93. The van der Waals surface area contributed by atoms with E-state index in [9.17, 15) is 0 Å². The summed E-state index contributed by atoms with van der Waals surface area (Å²) < 4.78 is 7.23. The summed E-state index contributed by atoms with van der Waals surface area (Å²) in [5.74, 6) is 1.70. The van der Waals surface area contributed by atoms with Gasteiger partial charge in [-0.05, 0) is 43.6 Å². The van der Waals surface area contributed by atoms with E-state index in [1.165, 1.54) is 18.4 Å². The van der Waals surface area contributed by atoms with Gasteiger partial charge in [0.15, 0.2) is 5.96 Å². The number of hydrogen-bond acceptors (Lipinski definition) is 4. The number of aliphatic imine (C=N–C) groups is 1. The molecule has 1 fully saturated rings. The molecule has 27 heavy (non-hydrogen) atoms. The summed E-state index contributed by atoms with van der Waals surface area (Å²) in [5.41, 5.74) is 2.40.